The lowest BCUT2D eigenvalue weighted by molar-refractivity contribution is 0.0791. The number of amides is 2. The molecular weight excluding hydrogens is 318 g/mol. The van der Waals surface area contributed by atoms with Crippen molar-refractivity contribution in [2.75, 3.05) is 18.4 Å². The first-order valence-corrected chi connectivity index (χ1v) is 8.62. The average molecular weight is 343 g/mol. The number of aryl methyl sites for hydroxylation is 1. The number of carbonyl (C=O) groups is 1. The Bertz CT molecular complexity index is 707. The summed E-state index contributed by atoms with van der Waals surface area (Å²) in [6, 6.07) is 9.61. The topological polar surface area (TPSA) is 82.4 Å². The normalized spacial score (nSPS) is 15.9. The fourth-order valence-corrected chi connectivity index (χ4v) is 3.02. The highest BCUT2D eigenvalue weighted by atomic mass is 16.3. The average Bonchev–Trinajstić information content (AvgIpc) is 3.01. The van der Waals surface area contributed by atoms with Gasteiger partial charge in [0.25, 0.3) is 0 Å². The number of nitrogens with one attached hydrogen (secondary N) is 2. The third-order valence-electron chi connectivity index (χ3n) is 4.46. The molecule has 25 heavy (non-hydrogen) atoms. The van der Waals surface area contributed by atoms with Crippen molar-refractivity contribution < 1.29 is 9.90 Å². The van der Waals surface area contributed by atoms with Crippen LogP contribution in [0, 0.1) is 0 Å². The molecular formula is C18H25N5O2. The third kappa shape index (κ3) is 5.04. The largest absolute Gasteiger partial charge is 0.393 e. The molecule has 0 radical (unpaired) electrons. The van der Waals surface area contributed by atoms with E-state index in [0.717, 1.165) is 38.0 Å². The van der Waals surface area contributed by atoms with Gasteiger partial charge in [-0.05, 0) is 24.0 Å². The molecule has 7 nitrogen and oxygen atoms in total. The highest BCUT2D eigenvalue weighted by Crippen LogP contribution is 2.16. The number of likely N-dealkylation sites (tertiary alicyclic amines) is 1. The minimum absolute atomic E-state index is 0.163. The first-order valence-electron chi connectivity index (χ1n) is 8.62. The maximum Gasteiger partial charge on any atom is 0.320 e. The molecule has 7 heteroatoms. The van der Waals surface area contributed by atoms with Crippen molar-refractivity contribution in [1.29, 1.82) is 0 Å². The Hall–Kier alpha value is -2.38. The van der Waals surface area contributed by atoms with Crippen LogP contribution in [-0.2, 0) is 20.1 Å². The van der Waals surface area contributed by atoms with Crippen LogP contribution in [0.3, 0.4) is 0 Å². The molecule has 3 N–H and O–H groups in total. The number of hydrogen-bond acceptors (Lipinski definition) is 4. The Kier molecular flexibility index (Phi) is 5.67. The molecule has 2 amide bonds. The zero-order valence-corrected chi connectivity index (χ0v) is 14.5. The minimum Gasteiger partial charge on any atom is -0.393 e. The lowest BCUT2D eigenvalue weighted by Crippen LogP contribution is -2.35. The molecule has 1 saturated heterocycles. The van der Waals surface area contributed by atoms with Gasteiger partial charge in [-0.15, -0.1) is 0 Å². The molecule has 0 atom stereocenters. The number of aromatic nitrogens is 2. The fourth-order valence-electron chi connectivity index (χ4n) is 3.02. The van der Waals surface area contributed by atoms with Crippen molar-refractivity contribution in [2.45, 2.75) is 32.0 Å². The van der Waals surface area contributed by atoms with Gasteiger partial charge in [0.2, 0.25) is 0 Å². The number of aliphatic hydroxyl groups excluding tert-OH is 1. The lowest BCUT2D eigenvalue weighted by Gasteiger charge is -2.30. The van der Waals surface area contributed by atoms with Crippen molar-refractivity contribution in [1.82, 2.24) is 20.0 Å². The highest BCUT2D eigenvalue weighted by molar-refractivity contribution is 5.88. The van der Waals surface area contributed by atoms with Crippen molar-refractivity contribution in [3.8, 4) is 0 Å². The third-order valence-corrected chi connectivity index (χ3v) is 4.46. The smallest absolute Gasteiger partial charge is 0.320 e. The summed E-state index contributed by atoms with van der Waals surface area (Å²) in [6.45, 7) is 3.12. The number of benzene rings is 1. The van der Waals surface area contributed by atoms with E-state index in [1.54, 1.807) is 24.0 Å². The van der Waals surface area contributed by atoms with Gasteiger partial charge in [0.05, 0.1) is 6.10 Å². The molecule has 1 aromatic carbocycles. The maximum atomic E-state index is 12.0. The Balaban J connectivity index is 1.54. The Labute approximate surface area is 147 Å². The number of aliphatic hydroxyl groups is 1. The summed E-state index contributed by atoms with van der Waals surface area (Å²) in [5, 5.41) is 19.4. The van der Waals surface area contributed by atoms with Gasteiger partial charge in [0, 0.05) is 45.5 Å². The van der Waals surface area contributed by atoms with E-state index in [0.29, 0.717) is 12.4 Å². The van der Waals surface area contributed by atoms with Crippen LogP contribution in [0.2, 0.25) is 0 Å². The zero-order chi connectivity index (χ0) is 17.6. The van der Waals surface area contributed by atoms with Gasteiger partial charge >= 0.3 is 6.03 Å². The summed E-state index contributed by atoms with van der Waals surface area (Å²) in [7, 11) is 1.80. The molecule has 1 aliphatic rings. The number of urea groups is 1. The standard InChI is InChI=1S/C18H25N5O2/c1-22-9-8-17(21-22)20-18(25)19-12-14-4-2-3-5-15(14)13-23-10-6-16(24)7-11-23/h2-5,8-9,16,24H,6-7,10-13H2,1H3,(H2,19,20,21,25). The van der Waals surface area contributed by atoms with E-state index in [9.17, 15) is 9.90 Å². The van der Waals surface area contributed by atoms with E-state index >= 15 is 0 Å². The van der Waals surface area contributed by atoms with Gasteiger partial charge in [-0.25, -0.2) is 4.79 Å². The second kappa shape index (κ2) is 8.13. The van der Waals surface area contributed by atoms with E-state index in [2.05, 4.69) is 26.7 Å². The van der Waals surface area contributed by atoms with Crippen molar-refractivity contribution >= 4 is 11.8 Å². The monoisotopic (exact) mass is 343 g/mol. The summed E-state index contributed by atoms with van der Waals surface area (Å²) in [5.74, 6) is 0.528. The van der Waals surface area contributed by atoms with E-state index in [1.807, 2.05) is 18.2 Å². The van der Waals surface area contributed by atoms with Gasteiger partial charge in [0.15, 0.2) is 5.82 Å². The summed E-state index contributed by atoms with van der Waals surface area (Å²) < 4.78 is 1.64. The van der Waals surface area contributed by atoms with Crippen LogP contribution < -0.4 is 10.6 Å². The van der Waals surface area contributed by atoms with Gasteiger partial charge in [-0.1, -0.05) is 24.3 Å². The fraction of sp³-hybridized carbons (Fsp3) is 0.444. The quantitative estimate of drug-likeness (QED) is 0.772. The van der Waals surface area contributed by atoms with Crippen LogP contribution in [-0.4, -0.2) is 45.0 Å². The molecule has 134 valence electrons. The molecule has 2 heterocycles. The molecule has 1 aromatic heterocycles. The second-order valence-electron chi connectivity index (χ2n) is 6.46. The van der Waals surface area contributed by atoms with Crippen molar-refractivity contribution in [2.24, 2.45) is 7.05 Å². The Morgan fingerprint density at radius 2 is 1.96 bits per heavy atom. The molecule has 3 rings (SSSR count). The van der Waals surface area contributed by atoms with Crippen molar-refractivity contribution in [3.05, 3.63) is 47.7 Å². The van der Waals surface area contributed by atoms with Crippen LogP contribution in [0.25, 0.3) is 0 Å². The molecule has 0 unspecified atom stereocenters. The van der Waals surface area contributed by atoms with Crippen LogP contribution in [0.1, 0.15) is 24.0 Å². The van der Waals surface area contributed by atoms with E-state index in [4.69, 9.17) is 0 Å². The van der Waals surface area contributed by atoms with Crippen LogP contribution in [0.4, 0.5) is 10.6 Å². The predicted octanol–water partition coefficient (Wildman–Crippen LogP) is 1.70. The molecule has 0 saturated carbocycles. The number of hydrogen-bond donors (Lipinski definition) is 3. The molecule has 0 bridgehead atoms. The summed E-state index contributed by atoms with van der Waals surface area (Å²) in [4.78, 5) is 14.4. The van der Waals surface area contributed by atoms with Crippen LogP contribution >= 0.6 is 0 Å². The van der Waals surface area contributed by atoms with Gasteiger partial charge in [-0.2, -0.15) is 5.10 Å². The van der Waals surface area contributed by atoms with Crippen molar-refractivity contribution in [3.63, 3.8) is 0 Å². The number of carbonyl (C=O) groups excluding carboxylic acids is 1. The zero-order valence-electron chi connectivity index (χ0n) is 14.5. The molecule has 0 spiro atoms. The Morgan fingerprint density at radius 3 is 2.64 bits per heavy atom. The number of piperidine rings is 1. The second-order valence-corrected chi connectivity index (χ2v) is 6.46. The SMILES string of the molecule is Cn1ccc(NC(=O)NCc2ccccc2CN2CCC(O)CC2)n1. The molecule has 1 aliphatic heterocycles. The number of nitrogens with zero attached hydrogens (tertiary/aromatic N) is 3. The van der Waals surface area contributed by atoms with E-state index in [-0.39, 0.29) is 12.1 Å². The summed E-state index contributed by atoms with van der Waals surface area (Å²) >= 11 is 0. The van der Waals surface area contributed by atoms with Crippen LogP contribution in [0.5, 0.6) is 0 Å². The summed E-state index contributed by atoms with van der Waals surface area (Å²) in [6.07, 6.45) is 3.27. The minimum atomic E-state index is -0.269. The van der Waals surface area contributed by atoms with Crippen LogP contribution in [0.15, 0.2) is 36.5 Å². The van der Waals surface area contributed by atoms with Gasteiger partial charge in [0.1, 0.15) is 0 Å². The number of rotatable bonds is 5. The number of anilines is 1. The first kappa shape index (κ1) is 17.4. The van der Waals surface area contributed by atoms with E-state index in [1.165, 1.54) is 5.56 Å². The molecule has 0 aliphatic carbocycles. The Morgan fingerprint density at radius 1 is 1.24 bits per heavy atom. The van der Waals surface area contributed by atoms with E-state index < -0.39 is 0 Å². The predicted molar refractivity (Wildman–Crippen MR) is 96.0 cm³/mol. The van der Waals surface area contributed by atoms with Gasteiger partial charge < -0.3 is 10.4 Å². The maximum absolute atomic E-state index is 12.0. The summed E-state index contributed by atoms with van der Waals surface area (Å²) in [5.41, 5.74) is 2.31. The molecule has 1 fully saturated rings. The first-order chi connectivity index (χ1) is 12.1. The highest BCUT2D eigenvalue weighted by Gasteiger charge is 2.17. The lowest BCUT2D eigenvalue weighted by atomic mass is 10.0. The molecule has 2 aromatic rings. The van der Waals surface area contributed by atoms with Gasteiger partial charge in [-0.3, -0.25) is 14.9 Å².